The Hall–Kier alpha value is -2.41. The highest BCUT2D eigenvalue weighted by Crippen LogP contribution is 2.19. The minimum absolute atomic E-state index is 0.0182. The van der Waals surface area contributed by atoms with Crippen LogP contribution < -0.4 is 5.32 Å². The molecule has 1 heterocycles. The Morgan fingerprint density at radius 1 is 1.38 bits per heavy atom. The normalized spacial score (nSPS) is 10.5. The van der Waals surface area contributed by atoms with E-state index in [0.717, 1.165) is 23.0 Å². The van der Waals surface area contributed by atoms with Crippen molar-refractivity contribution in [1.82, 2.24) is 9.78 Å². The van der Waals surface area contributed by atoms with Gasteiger partial charge in [-0.2, -0.15) is 5.10 Å². The molecule has 24 heavy (non-hydrogen) atoms. The minimum atomic E-state index is -0.649. The molecule has 8 heteroatoms. The van der Waals surface area contributed by atoms with Gasteiger partial charge >= 0.3 is 5.97 Å². The Kier molecular flexibility index (Phi) is 5.56. The Morgan fingerprint density at radius 2 is 2.08 bits per heavy atom. The van der Waals surface area contributed by atoms with Crippen molar-refractivity contribution in [2.45, 2.75) is 20.3 Å². The van der Waals surface area contributed by atoms with Gasteiger partial charge in [0.2, 0.25) is 0 Å². The summed E-state index contributed by atoms with van der Waals surface area (Å²) in [5, 5.41) is 6.80. The fourth-order valence-electron chi connectivity index (χ4n) is 2.19. The molecule has 0 aliphatic carbocycles. The monoisotopic (exact) mass is 353 g/mol. The van der Waals surface area contributed by atoms with E-state index in [0.29, 0.717) is 0 Å². The third kappa shape index (κ3) is 4.32. The number of benzene rings is 1. The van der Waals surface area contributed by atoms with Crippen LogP contribution in [0, 0.1) is 19.7 Å². The fraction of sp³-hybridized carbons (Fsp3) is 0.312. The Balaban J connectivity index is 1.89. The summed E-state index contributed by atoms with van der Waals surface area (Å²) >= 11 is 5.74. The second-order valence-electron chi connectivity index (χ2n) is 5.28. The molecular weight excluding hydrogens is 337 g/mol. The average molecular weight is 354 g/mol. The van der Waals surface area contributed by atoms with Crippen molar-refractivity contribution in [2.24, 2.45) is 7.05 Å². The van der Waals surface area contributed by atoms with Crippen LogP contribution in [0.3, 0.4) is 0 Å². The van der Waals surface area contributed by atoms with Crippen LogP contribution in [0.2, 0.25) is 5.02 Å². The minimum Gasteiger partial charge on any atom is -0.455 e. The first-order chi connectivity index (χ1) is 11.3. The van der Waals surface area contributed by atoms with E-state index in [-0.39, 0.29) is 17.1 Å². The number of halogens is 2. The lowest BCUT2D eigenvalue weighted by atomic mass is 10.1. The number of ether oxygens (including phenoxy) is 1. The molecule has 0 atom stereocenters. The van der Waals surface area contributed by atoms with Gasteiger partial charge < -0.3 is 10.1 Å². The van der Waals surface area contributed by atoms with Crippen LogP contribution in [0.25, 0.3) is 0 Å². The number of amides is 1. The zero-order chi connectivity index (χ0) is 17.9. The van der Waals surface area contributed by atoms with Crippen molar-refractivity contribution < 1.29 is 18.7 Å². The van der Waals surface area contributed by atoms with Crippen LogP contribution in [-0.4, -0.2) is 28.3 Å². The number of nitrogens with zero attached hydrogens (tertiary/aromatic N) is 2. The summed E-state index contributed by atoms with van der Waals surface area (Å²) in [6, 6.07) is 3.78. The van der Waals surface area contributed by atoms with Crippen molar-refractivity contribution >= 4 is 29.2 Å². The third-order valence-electron chi connectivity index (χ3n) is 3.55. The van der Waals surface area contributed by atoms with Gasteiger partial charge in [-0.05, 0) is 32.0 Å². The molecule has 0 saturated carbocycles. The van der Waals surface area contributed by atoms with Gasteiger partial charge in [-0.3, -0.25) is 14.3 Å². The lowest BCUT2D eigenvalue weighted by molar-refractivity contribution is -0.146. The molecule has 6 nitrogen and oxygen atoms in total. The number of carbonyl (C=O) groups excluding carboxylic acids is 2. The molecule has 0 aliphatic rings. The summed E-state index contributed by atoms with van der Waals surface area (Å²) in [6.07, 6.45) is 0.0182. The standard InChI is InChI=1S/C16H17ClFN3O3/c1-9-12(10(2)21(3)20-9)7-16(23)24-8-15(22)19-14-6-11(17)4-5-13(14)18/h4-6H,7-8H2,1-3H3,(H,19,22). The molecule has 0 saturated heterocycles. The molecule has 0 unspecified atom stereocenters. The number of hydrogen-bond donors (Lipinski definition) is 1. The highest BCUT2D eigenvalue weighted by atomic mass is 35.5. The van der Waals surface area contributed by atoms with Crippen LogP contribution in [0.4, 0.5) is 10.1 Å². The second kappa shape index (κ2) is 7.44. The summed E-state index contributed by atoms with van der Waals surface area (Å²) in [5.41, 5.74) is 2.29. The first kappa shape index (κ1) is 17.9. The lowest BCUT2D eigenvalue weighted by Gasteiger charge is -2.08. The zero-order valence-electron chi connectivity index (χ0n) is 13.5. The molecule has 2 rings (SSSR count). The van der Waals surface area contributed by atoms with Crippen LogP contribution in [-0.2, 0) is 27.8 Å². The quantitative estimate of drug-likeness (QED) is 0.838. The van der Waals surface area contributed by atoms with Crippen molar-refractivity contribution in [3.63, 3.8) is 0 Å². The predicted molar refractivity (Wildman–Crippen MR) is 87.4 cm³/mol. The Morgan fingerprint density at radius 3 is 2.71 bits per heavy atom. The van der Waals surface area contributed by atoms with E-state index in [1.165, 1.54) is 12.1 Å². The molecule has 1 aromatic heterocycles. The topological polar surface area (TPSA) is 73.2 Å². The van der Waals surface area contributed by atoms with Gasteiger partial charge in [0, 0.05) is 23.3 Å². The maximum atomic E-state index is 13.5. The van der Waals surface area contributed by atoms with E-state index >= 15 is 0 Å². The second-order valence-corrected chi connectivity index (χ2v) is 5.72. The number of aromatic nitrogens is 2. The number of aryl methyl sites for hydroxylation is 2. The Bertz CT molecular complexity index is 789. The molecule has 0 aliphatic heterocycles. The van der Waals surface area contributed by atoms with Crippen molar-refractivity contribution in [3.05, 3.63) is 46.0 Å². The van der Waals surface area contributed by atoms with E-state index in [1.807, 2.05) is 6.92 Å². The molecule has 0 radical (unpaired) electrons. The highest BCUT2D eigenvalue weighted by molar-refractivity contribution is 6.30. The highest BCUT2D eigenvalue weighted by Gasteiger charge is 2.16. The van der Waals surface area contributed by atoms with Crippen LogP contribution >= 0.6 is 11.6 Å². The molecule has 0 fully saturated rings. The van der Waals surface area contributed by atoms with Crippen molar-refractivity contribution in [2.75, 3.05) is 11.9 Å². The summed E-state index contributed by atoms with van der Waals surface area (Å²) in [6.45, 7) is 3.13. The van der Waals surface area contributed by atoms with Gasteiger partial charge in [-0.25, -0.2) is 4.39 Å². The van der Waals surface area contributed by atoms with E-state index in [1.54, 1.807) is 18.7 Å². The molecular formula is C16H17ClFN3O3. The number of nitrogens with one attached hydrogen (secondary N) is 1. The largest absolute Gasteiger partial charge is 0.455 e. The molecule has 1 N–H and O–H groups in total. The molecule has 0 bridgehead atoms. The van der Waals surface area contributed by atoms with Gasteiger partial charge in [0.25, 0.3) is 5.91 Å². The molecule has 1 amide bonds. The van der Waals surface area contributed by atoms with E-state index < -0.39 is 24.3 Å². The zero-order valence-corrected chi connectivity index (χ0v) is 14.3. The summed E-state index contributed by atoms with van der Waals surface area (Å²) in [5.74, 6) is -1.83. The number of carbonyl (C=O) groups is 2. The average Bonchev–Trinajstić information content (AvgIpc) is 2.75. The maximum absolute atomic E-state index is 13.5. The summed E-state index contributed by atoms with van der Waals surface area (Å²) in [4.78, 5) is 23.6. The van der Waals surface area contributed by atoms with Crippen LogP contribution in [0.5, 0.6) is 0 Å². The molecule has 0 spiro atoms. The van der Waals surface area contributed by atoms with Gasteiger partial charge in [-0.15, -0.1) is 0 Å². The maximum Gasteiger partial charge on any atom is 0.310 e. The number of esters is 1. The summed E-state index contributed by atoms with van der Waals surface area (Å²) < 4.78 is 20.1. The van der Waals surface area contributed by atoms with Gasteiger partial charge in [0.05, 0.1) is 17.8 Å². The molecule has 2 aromatic rings. The first-order valence-corrected chi connectivity index (χ1v) is 7.55. The van der Waals surface area contributed by atoms with Gasteiger partial charge in [-0.1, -0.05) is 11.6 Å². The van der Waals surface area contributed by atoms with E-state index in [4.69, 9.17) is 16.3 Å². The lowest BCUT2D eigenvalue weighted by Crippen LogP contribution is -2.22. The Labute approximate surface area is 143 Å². The van der Waals surface area contributed by atoms with Crippen molar-refractivity contribution in [3.8, 4) is 0 Å². The van der Waals surface area contributed by atoms with Gasteiger partial charge in [0.1, 0.15) is 5.82 Å². The predicted octanol–water partition coefficient (Wildman–Crippen LogP) is 2.55. The molecule has 1 aromatic carbocycles. The van der Waals surface area contributed by atoms with Crippen molar-refractivity contribution in [1.29, 1.82) is 0 Å². The third-order valence-corrected chi connectivity index (χ3v) is 3.78. The van der Waals surface area contributed by atoms with E-state index in [9.17, 15) is 14.0 Å². The molecule has 128 valence electrons. The SMILES string of the molecule is Cc1nn(C)c(C)c1CC(=O)OCC(=O)Nc1cc(Cl)ccc1F. The van der Waals surface area contributed by atoms with Crippen LogP contribution in [0.1, 0.15) is 17.0 Å². The number of rotatable bonds is 5. The van der Waals surface area contributed by atoms with Crippen LogP contribution in [0.15, 0.2) is 18.2 Å². The number of anilines is 1. The van der Waals surface area contributed by atoms with Gasteiger partial charge in [0.15, 0.2) is 6.61 Å². The smallest absolute Gasteiger partial charge is 0.310 e. The van der Waals surface area contributed by atoms with E-state index in [2.05, 4.69) is 10.4 Å². The number of hydrogen-bond acceptors (Lipinski definition) is 4. The first-order valence-electron chi connectivity index (χ1n) is 7.17. The fourth-order valence-corrected chi connectivity index (χ4v) is 2.37. The summed E-state index contributed by atoms with van der Waals surface area (Å²) in [7, 11) is 1.78.